The van der Waals surface area contributed by atoms with Gasteiger partial charge in [0.2, 0.25) is 5.91 Å². The molecular weight excluding hydrogens is 378 g/mol. The third-order valence-electron chi connectivity index (χ3n) is 5.46. The second-order valence-corrected chi connectivity index (χ2v) is 7.95. The Morgan fingerprint density at radius 1 is 1.00 bits per heavy atom. The highest BCUT2D eigenvalue weighted by molar-refractivity contribution is 5.85. The van der Waals surface area contributed by atoms with Gasteiger partial charge in [0.1, 0.15) is 5.75 Å². The van der Waals surface area contributed by atoms with E-state index in [1.807, 2.05) is 36.1 Å². The summed E-state index contributed by atoms with van der Waals surface area (Å²) in [4.78, 5) is 30.6. The zero-order chi connectivity index (χ0) is 21.5. The lowest BCUT2D eigenvalue weighted by Gasteiger charge is -2.35. The largest absolute Gasteiger partial charge is 0.484 e. The molecule has 0 spiro atoms. The molecule has 160 valence electrons. The van der Waals surface area contributed by atoms with Crippen molar-refractivity contribution in [1.82, 2.24) is 14.7 Å². The Kier molecular flexibility index (Phi) is 7.46. The summed E-state index contributed by atoms with van der Waals surface area (Å²) in [7, 11) is 1.65. The van der Waals surface area contributed by atoms with Crippen LogP contribution >= 0.6 is 0 Å². The molecule has 1 heterocycles. The molecule has 0 N–H and O–H groups in total. The van der Waals surface area contributed by atoms with E-state index in [0.717, 1.165) is 25.2 Å². The number of nitrogens with zero attached hydrogens (tertiary/aromatic N) is 3. The lowest BCUT2D eigenvalue weighted by Crippen LogP contribution is -2.51. The average Bonchev–Trinajstić information content (AvgIpc) is 2.73. The van der Waals surface area contributed by atoms with Crippen LogP contribution in [0.5, 0.6) is 5.75 Å². The van der Waals surface area contributed by atoms with E-state index in [9.17, 15) is 9.59 Å². The van der Waals surface area contributed by atoms with Gasteiger partial charge in [0.15, 0.2) is 6.61 Å². The van der Waals surface area contributed by atoms with Gasteiger partial charge in [-0.2, -0.15) is 0 Å². The number of likely N-dealkylation sites (N-methyl/N-ethyl adjacent to an activating group) is 1. The van der Waals surface area contributed by atoms with Crippen molar-refractivity contribution in [2.75, 3.05) is 46.4 Å². The van der Waals surface area contributed by atoms with Crippen LogP contribution in [0.15, 0.2) is 48.5 Å². The van der Waals surface area contributed by atoms with Gasteiger partial charge < -0.3 is 14.5 Å². The van der Waals surface area contributed by atoms with E-state index in [1.54, 1.807) is 7.05 Å². The Bertz CT molecular complexity index is 876. The van der Waals surface area contributed by atoms with Crippen LogP contribution in [-0.2, 0) is 16.1 Å². The van der Waals surface area contributed by atoms with Crippen LogP contribution in [0.4, 0.5) is 0 Å². The SMILES string of the molecule is Cc1cccc(CN2CCN(C(=O)CN(C)C(=O)COc3ccccc3C)CC2)c1. The second-order valence-electron chi connectivity index (χ2n) is 7.95. The van der Waals surface area contributed by atoms with Gasteiger partial charge in [-0.05, 0) is 31.0 Å². The number of aryl methyl sites for hydroxylation is 2. The van der Waals surface area contributed by atoms with E-state index in [0.29, 0.717) is 18.8 Å². The van der Waals surface area contributed by atoms with Crippen LogP contribution in [0.3, 0.4) is 0 Å². The van der Waals surface area contributed by atoms with E-state index in [1.165, 1.54) is 16.0 Å². The van der Waals surface area contributed by atoms with E-state index >= 15 is 0 Å². The summed E-state index contributed by atoms with van der Waals surface area (Å²) in [6.07, 6.45) is 0. The number of rotatable bonds is 7. The van der Waals surface area contributed by atoms with Crippen LogP contribution in [0.25, 0.3) is 0 Å². The van der Waals surface area contributed by atoms with Crippen molar-refractivity contribution < 1.29 is 14.3 Å². The molecule has 0 aromatic heterocycles. The Morgan fingerprint density at radius 3 is 2.43 bits per heavy atom. The molecule has 1 aliphatic rings. The van der Waals surface area contributed by atoms with Crippen LogP contribution in [0, 0.1) is 13.8 Å². The maximum Gasteiger partial charge on any atom is 0.260 e. The number of para-hydroxylation sites is 1. The van der Waals surface area contributed by atoms with Crippen molar-refractivity contribution in [3.05, 3.63) is 65.2 Å². The van der Waals surface area contributed by atoms with Crippen LogP contribution < -0.4 is 4.74 Å². The summed E-state index contributed by atoms with van der Waals surface area (Å²) in [6.45, 7) is 8.00. The highest BCUT2D eigenvalue weighted by Gasteiger charge is 2.23. The smallest absolute Gasteiger partial charge is 0.260 e. The predicted molar refractivity (Wildman–Crippen MR) is 117 cm³/mol. The molecule has 2 aromatic carbocycles. The van der Waals surface area contributed by atoms with Crippen molar-refractivity contribution in [2.24, 2.45) is 0 Å². The van der Waals surface area contributed by atoms with Gasteiger partial charge in [-0.1, -0.05) is 48.0 Å². The minimum atomic E-state index is -0.204. The van der Waals surface area contributed by atoms with Crippen molar-refractivity contribution in [2.45, 2.75) is 20.4 Å². The van der Waals surface area contributed by atoms with Crippen molar-refractivity contribution >= 4 is 11.8 Å². The number of carbonyl (C=O) groups excluding carboxylic acids is 2. The van der Waals surface area contributed by atoms with E-state index in [2.05, 4.69) is 36.1 Å². The van der Waals surface area contributed by atoms with E-state index in [4.69, 9.17) is 4.74 Å². The summed E-state index contributed by atoms with van der Waals surface area (Å²) in [5.41, 5.74) is 3.54. The molecule has 2 amide bonds. The minimum Gasteiger partial charge on any atom is -0.484 e. The lowest BCUT2D eigenvalue weighted by atomic mass is 10.1. The molecule has 0 radical (unpaired) electrons. The van der Waals surface area contributed by atoms with E-state index < -0.39 is 0 Å². The number of hydrogen-bond donors (Lipinski definition) is 0. The third kappa shape index (κ3) is 6.07. The summed E-state index contributed by atoms with van der Waals surface area (Å²) < 4.78 is 5.60. The maximum atomic E-state index is 12.6. The monoisotopic (exact) mass is 409 g/mol. The molecule has 6 heteroatoms. The van der Waals surface area contributed by atoms with Crippen molar-refractivity contribution in [3.8, 4) is 5.75 Å². The first kappa shape index (κ1) is 21.8. The number of ether oxygens (including phenoxy) is 1. The second kappa shape index (κ2) is 10.3. The molecule has 2 aromatic rings. The van der Waals surface area contributed by atoms with Gasteiger partial charge in [0, 0.05) is 39.8 Å². The van der Waals surface area contributed by atoms with Gasteiger partial charge in [0.05, 0.1) is 6.54 Å². The molecule has 1 aliphatic heterocycles. The predicted octanol–water partition coefficient (Wildman–Crippen LogP) is 2.49. The van der Waals surface area contributed by atoms with Gasteiger partial charge in [-0.3, -0.25) is 14.5 Å². The Labute approximate surface area is 179 Å². The Balaban J connectivity index is 1.41. The van der Waals surface area contributed by atoms with Gasteiger partial charge in [-0.15, -0.1) is 0 Å². The van der Waals surface area contributed by atoms with E-state index in [-0.39, 0.29) is 25.0 Å². The molecular formula is C24H31N3O3. The molecule has 6 nitrogen and oxygen atoms in total. The molecule has 30 heavy (non-hydrogen) atoms. The standard InChI is InChI=1S/C24H31N3O3/c1-19-7-6-9-21(15-19)16-26-11-13-27(14-12-26)23(28)17-25(3)24(29)18-30-22-10-5-4-8-20(22)2/h4-10,15H,11-14,16-18H2,1-3H3. The molecule has 0 bridgehead atoms. The number of amides is 2. The number of piperazine rings is 1. The normalized spacial score (nSPS) is 14.4. The highest BCUT2D eigenvalue weighted by atomic mass is 16.5. The third-order valence-corrected chi connectivity index (χ3v) is 5.46. The van der Waals surface area contributed by atoms with Gasteiger partial charge in [-0.25, -0.2) is 0 Å². The molecule has 0 saturated carbocycles. The average molecular weight is 410 g/mol. The zero-order valence-electron chi connectivity index (χ0n) is 18.1. The molecule has 0 aliphatic carbocycles. The summed E-state index contributed by atoms with van der Waals surface area (Å²) in [6, 6.07) is 16.1. The number of benzene rings is 2. The quantitative estimate of drug-likeness (QED) is 0.705. The number of hydrogen-bond acceptors (Lipinski definition) is 4. The lowest BCUT2D eigenvalue weighted by molar-refractivity contribution is -0.141. The summed E-state index contributed by atoms with van der Waals surface area (Å²) in [5.74, 6) is 0.469. The maximum absolute atomic E-state index is 12.6. The van der Waals surface area contributed by atoms with Crippen LogP contribution in [-0.4, -0.2) is 72.9 Å². The fourth-order valence-corrected chi connectivity index (χ4v) is 3.58. The minimum absolute atomic E-state index is 0.0167. The molecule has 1 saturated heterocycles. The van der Waals surface area contributed by atoms with Crippen LogP contribution in [0.2, 0.25) is 0 Å². The van der Waals surface area contributed by atoms with Gasteiger partial charge >= 0.3 is 0 Å². The molecule has 0 unspecified atom stereocenters. The first-order chi connectivity index (χ1) is 14.4. The summed E-state index contributed by atoms with van der Waals surface area (Å²) >= 11 is 0. The fourth-order valence-electron chi connectivity index (χ4n) is 3.58. The van der Waals surface area contributed by atoms with Gasteiger partial charge in [0.25, 0.3) is 5.91 Å². The van der Waals surface area contributed by atoms with Crippen molar-refractivity contribution in [1.29, 1.82) is 0 Å². The summed E-state index contributed by atoms with van der Waals surface area (Å²) in [5, 5.41) is 0. The molecule has 1 fully saturated rings. The Morgan fingerprint density at radius 2 is 1.73 bits per heavy atom. The van der Waals surface area contributed by atoms with Crippen molar-refractivity contribution in [3.63, 3.8) is 0 Å². The van der Waals surface area contributed by atoms with Crippen LogP contribution in [0.1, 0.15) is 16.7 Å². The first-order valence-corrected chi connectivity index (χ1v) is 10.4. The Hall–Kier alpha value is -2.86. The molecule has 0 atom stereocenters. The fraction of sp³-hybridized carbons (Fsp3) is 0.417. The highest BCUT2D eigenvalue weighted by Crippen LogP contribution is 2.16. The topological polar surface area (TPSA) is 53.1 Å². The molecule has 3 rings (SSSR count). The first-order valence-electron chi connectivity index (χ1n) is 10.4. The number of carbonyl (C=O) groups is 2. The zero-order valence-corrected chi connectivity index (χ0v) is 18.1.